The normalized spacial score (nSPS) is 20.0. The second-order valence-corrected chi connectivity index (χ2v) is 10.8. The molecule has 0 radical (unpaired) electrons. The van der Waals surface area contributed by atoms with Crippen LogP contribution in [0.4, 0.5) is 11.6 Å². The lowest BCUT2D eigenvalue weighted by atomic mass is 9.79. The summed E-state index contributed by atoms with van der Waals surface area (Å²) in [6.07, 6.45) is 0. The molecule has 0 amide bonds. The van der Waals surface area contributed by atoms with Crippen molar-refractivity contribution in [2.45, 2.75) is 58.3 Å². The lowest BCUT2D eigenvalue weighted by Gasteiger charge is -2.32. The number of rotatable bonds is 5. The fourth-order valence-electron chi connectivity index (χ4n) is 3.94. The van der Waals surface area contributed by atoms with Gasteiger partial charge in [0.05, 0.1) is 16.7 Å². The van der Waals surface area contributed by atoms with E-state index in [0.717, 1.165) is 22.3 Å². The Hall–Kier alpha value is -3.17. The highest BCUT2D eigenvalue weighted by atomic mass is 16.7. The second kappa shape index (κ2) is 8.21. The van der Waals surface area contributed by atoms with E-state index in [1.807, 2.05) is 55.6 Å². The van der Waals surface area contributed by atoms with Crippen LogP contribution in [0.1, 0.15) is 47.1 Å². The number of benzene rings is 2. The Morgan fingerprint density at radius 2 is 1.46 bits per heavy atom. The van der Waals surface area contributed by atoms with Gasteiger partial charge in [0.15, 0.2) is 5.82 Å². The van der Waals surface area contributed by atoms with Gasteiger partial charge in [0.1, 0.15) is 6.61 Å². The summed E-state index contributed by atoms with van der Waals surface area (Å²) in [4.78, 5) is 9.33. The molecule has 1 aromatic heterocycles. The molecule has 0 unspecified atom stereocenters. The molecule has 8 nitrogen and oxygen atoms in total. The van der Waals surface area contributed by atoms with Crippen LogP contribution in [-0.4, -0.2) is 51.1 Å². The Kier molecular flexibility index (Phi) is 5.53. The van der Waals surface area contributed by atoms with Crippen LogP contribution in [0.5, 0.6) is 0 Å². The topological polar surface area (TPSA) is 82.8 Å². The van der Waals surface area contributed by atoms with E-state index in [1.165, 1.54) is 0 Å². The summed E-state index contributed by atoms with van der Waals surface area (Å²) in [5.74, 6) is 1.98. The third kappa shape index (κ3) is 4.58. The van der Waals surface area contributed by atoms with Crippen molar-refractivity contribution in [3.63, 3.8) is 0 Å². The molecule has 2 aliphatic rings. The van der Waals surface area contributed by atoms with E-state index in [4.69, 9.17) is 19.0 Å². The van der Waals surface area contributed by atoms with Crippen LogP contribution in [0.2, 0.25) is 0 Å². The van der Waals surface area contributed by atoms with Crippen molar-refractivity contribution in [2.75, 3.05) is 11.9 Å². The van der Waals surface area contributed by atoms with Gasteiger partial charge >= 0.3 is 7.12 Å². The number of anilines is 2. The average molecular weight is 473 g/mol. The Morgan fingerprint density at radius 3 is 2.03 bits per heavy atom. The van der Waals surface area contributed by atoms with Crippen LogP contribution < -0.4 is 10.8 Å². The molecule has 3 aromatic rings. The minimum absolute atomic E-state index is 0.181. The molecule has 1 fully saturated rings. The first kappa shape index (κ1) is 23.6. The van der Waals surface area contributed by atoms with E-state index in [2.05, 4.69) is 57.0 Å². The maximum absolute atomic E-state index is 6.15. The molecular weight excluding hydrogens is 441 g/mol. The average Bonchev–Trinajstić information content (AvgIpc) is 3.41. The lowest BCUT2D eigenvalue weighted by Crippen LogP contribution is -2.41. The van der Waals surface area contributed by atoms with E-state index >= 15 is 0 Å². The van der Waals surface area contributed by atoms with E-state index in [1.54, 1.807) is 4.68 Å². The maximum Gasteiger partial charge on any atom is 0.494 e. The quantitative estimate of drug-likeness (QED) is 0.563. The molecule has 1 N–H and O–H groups in total. The highest BCUT2D eigenvalue weighted by Crippen LogP contribution is 2.36. The first-order valence-electron chi connectivity index (χ1n) is 11.9. The van der Waals surface area contributed by atoms with Crippen molar-refractivity contribution in [2.24, 2.45) is 12.0 Å². The predicted molar refractivity (Wildman–Crippen MR) is 138 cm³/mol. The van der Waals surface area contributed by atoms with Crippen molar-refractivity contribution in [3.05, 3.63) is 54.1 Å². The minimum atomic E-state index is -0.384. The van der Waals surface area contributed by atoms with Gasteiger partial charge in [0.25, 0.3) is 0 Å². The predicted octanol–water partition coefficient (Wildman–Crippen LogP) is 4.08. The van der Waals surface area contributed by atoms with Crippen molar-refractivity contribution in [1.82, 2.24) is 14.8 Å². The number of aromatic nitrogens is 3. The molecule has 2 aliphatic heterocycles. The maximum atomic E-state index is 6.15. The van der Waals surface area contributed by atoms with Gasteiger partial charge in [-0.05, 0) is 71.3 Å². The van der Waals surface area contributed by atoms with Crippen LogP contribution in [0.3, 0.4) is 0 Å². The minimum Gasteiger partial charge on any atom is -0.475 e. The Labute approximate surface area is 206 Å². The molecular formula is C26H32BN5O3. The molecule has 5 rings (SSSR count). The number of ether oxygens (including phenoxy) is 1. The summed E-state index contributed by atoms with van der Waals surface area (Å²) in [6, 6.07) is 16.0. The van der Waals surface area contributed by atoms with Crippen molar-refractivity contribution < 1.29 is 14.0 Å². The number of hydrogen-bond donors (Lipinski definition) is 1. The molecule has 0 bridgehead atoms. The number of nitrogens with one attached hydrogen (secondary N) is 1. The van der Waals surface area contributed by atoms with E-state index in [-0.39, 0.29) is 23.9 Å². The van der Waals surface area contributed by atoms with Crippen LogP contribution >= 0.6 is 0 Å². The van der Waals surface area contributed by atoms with E-state index in [0.29, 0.717) is 24.3 Å². The van der Waals surface area contributed by atoms with Crippen molar-refractivity contribution in [3.8, 4) is 11.4 Å². The molecule has 3 heterocycles. The van der Waals surface area contributed by atoms with Crippen LogP contribution in [0.25, 0.3) is 11.4 Å². The molecule has 0 spiro atoms. The molecule has 35 heavy (non-hydrogen) atoms. The van der Waals surface area contributed by atoms with Gasteiger partial charge in [-0.2, -0.15) is 4.98 Å². The summed E-state index contributed by atoms with van der Waals surface area (Å²) in [5, 5.41) is 7.93. The first-order valence-corrected chi connectivity index (χ1v) is 11.9. The summed E-state index contributed by atoms with van der Waals surface area (Å²) in [5.41, 5.74) is 2.85. The standard InChI is InChI=1S/C26H32BN5O3/c1-24(2)16-33-22(30-24)18-10-8-17(9-11-18)21-29-23(32(7)31-21)28-20-14-12-19(13-15-20)27-34-25(3,4)26(5,6)35-27/h8-15H,16H2,1-7H3,(H,28,29,31). The molecule has 0 aliphatic carbocycles. The first-order chi connectivity index (χ1) is 16.4. The third-order valence-electron chi connectivity index (χ3n) is 6.81. The Bertz CT molecular complexity index is 1250. The SMILES string of the molecule is Cn1nc(-c2ccc(C3=NC(C)(C)CO3)cc2)nc1Nc1ccc(B2OC(C)(C)C(C)(C)O2)cc1. The van der Waals surface area contributed by atoms with Crippen molar-refractivity contribution >= 4 is 30.1 Å². The van der Waals surface area contributed by atoms with Gasteiger partial charge < -0.3 is 19.4 Å². The molecule has 182 valence electrons. The zero-order valence-corrected chi connectivity index (χ0v) is 21.4. The third-order valence-corrected chi connectivity index (χ3v) is 6.81. The summed E-state index contributed by atoms with van der Waals surface area (Å²) < 4.78 is 19.8. The molecule has 2 aromatic carbocycles. The zero-order chi connectivity index (χ0) is 25.0. The number of nitrogens with zero attached hydrogens (tertiary/aromatic N) is 4. The second-order valence-electron chi connectivity index (χ2n) is 10.8. The number of hydrogen-bond acceptors (Lipinski definition) is 7. The highest BCUT2D eigenvalue weighted by Gasteiger charge is 2.51. The van der Waals surface area contributed by atoms with Crippen LogP contribution in [0, 0.1) is 0 Å². The Morgan fingerprint density at radius 1 is 0.857 bits per heavy atom. The Balaban J connectivity index is 1.28. The summed E-state index contributed by atoms with van der Waals surface area (Å²) in [7, 11) is 1.49. The fraction of sp³-hybridized carbons (Fsp3) is 0.423. The van der Waals surface area contributed by atoms with Gasteiger partial charge in [-0.15, -0.1) is 5.10 Å². The molecule has 0 saturated carbocycles. The van der Waals surface area contributed by atoms with Gasteiger partial charge in [-0.3, -0.25) is 0 Å². The lowest BCUT2D eigenvalue weighted by molar-refractivity contribution is 0.00578. The number of aliphatic imine (C=N–C) groups is 1. The van der Waals surface area contributed by atoms with Crippen molar-refractivity contribution in [1.29, 1.82) is 0 Å². The highest BCUT2D eigenvalue weighted by molar-refractivity contribution is 6.62. The molecule has 0 atom stereocenters. The van der Waals surface area contributed by atoms with E-state index < -0.39 is 0 Å². The smallest absolute Gasteiger partial charge is 0.475 e. The van der Waals surface area contributed by atoms with E-state index in [9.17, 15) is 0 Å². The van der Waals surface area contributed by atoms with Gasteiger partial charge in [-0.1, -0.05) is 24.3 Å². The van der Waals surface area contributed by atoms with Crippen LogP contribution in [-0.2, 0) is 21.1 Å². The fourth-order valence-corrected chi connectivity index (χ4v) is 3.94. The summed E-state index contributed by atoms with van der Waals surface area (Å²) in [6.45, 7) is 12.9. The number of aryl methyl sites for hydroxylation is 1. The molecule has 1 saturated heterocycles. The summed E-state index contributed by atoms with van der Waals surface area (Å²) >= 11 is 0. The van der Waals surface area contributed by atoms with Crippen LogP contribution in [0.15, 0.2) is 53.5 Å². The monoisotopic (exact) mass is 473 g/mol. The zero-order valence-electron chi connectivity index (χ0n) is 21.4. The molecule has 9 heteroatoms. The van der Waals surface area contributed by atoms with Gasteiger partial charge in [-0.25, -0.2) is 9.67 Å². The van der Waals surface area contributed by atoms with Gasteiger partial charge in [0, 0.05) is 23.9 Å². The largest absolute Gasteiger partial charge is 0.494 e. The van der Waals surface area contributed by atoms with Gasteiger partial charge in [0.2, 0.25) is 11.8 Å².